The SMILES string of the molecule is CCCCOC(=O)CCC(O)c1ccc(C)cc1. The van der Waals surface area contributed by atoms with Gasteiger partial charge in [-0.2, -0.15) is 0 Å². The fourth-order valence-electron chi connectivity index (χ4n) is 1.61. The van der Waals surface area contributed by atoms with Gasteiger partial charge in [0.25, 0.3) is 0 Å². The van der Waals surface area contributed by atoms with Crippen LogP contribution in [0.25, 0.3) is 0 Å². The molecule has 1 rings (SSSR count). The van der Waals surface area contributed by atoms with E-state index in [9.17, 15) is 9.90 Å². The predicted molar refractivity (Wildman–Crippen MR) is 71.2 cm³/mol. The maximum atomic E-state index is 11.4. The van der Waals surface area contributed by atoms with Crippen molar-refractivity contribution in [3.63, 3.8) is 0 Å². The van der Waals surface area contributed by atoms with Gasteiger partial charge in [-0.3, -0.25) is 4.79 Å². The van der Waals surface area contributed by atoms with Crippen LogP contribution in [0.2, 0.25) is 0 Å². The molecule has 0 radical (unpaired) electrons. The van der Waals surface area contributed by atoms with E-state index in [-0.39, 0.29) is 12.4 Å². The summed E-state index contributed by atoms with van der Waals surface area (Å²) in [5, 5.41) is 9.92. The van der Waals surface area contributed by atoms with E-state index in [4.69, 9.17) is 4.74 Å². The number of aliphatic hydroxyl groups excluding tert-OH is 1. The fraction of sp³-hybridized carbons (Fsp3) is 0.533. The summed E-state index contributed by atoms with van der Waals surface area (Å²) >= 11 is 0. The summed E-state index contributed by atoms with van der Waals surface area (Å²) in [4.78, 5) is 11.4. The van der Waals surface area contributed by atoms with Crippen LogP contribution in [0.3, 0.4) is 0 Å². The second-order valence-corrected chi connectivity index (χ2v) is 4.54. The van der Waals surface area contributed by atoms with E-state index < -0.39 is 6.10 Å². The van der Waals surface area contributed by atoms with Gasteiger partial charge < -0.3 is 9.84 Å². The Balaban J connectivity index is 2.30. The number of rotatable bonds is 7. The smallest absolute Gasteiger partial charge is 0.305 e. The first-order valence-corrected chi connectivity index (χ1v) is 6.53. The zero-order valence-electron chi connectivity index (χ0n) is 11.2. The summed E-state index contributed by atoms with van der Waals surface area (Å²) in [6.07, 6.45) is 1.99. The van der Waals surface area contributed by atoms with Crippen LogP contribution in [-0.2, 0) is 9.53 Å². The normalized spacial score (nSPS) is 12.2. The number of hydrogen-bond donors (Lipinski definition) is 1. The number of ether oxygens (including phenoxy) is 1. The molecule has 1 unspecified atom stereocenters. The molecule has 0 bridgehead atoms. The molecular formula is C15H22O3. The highest BCUT2D eigenvalue weighted by atomic mass is 16.5. The molecule has 1 atom stereocenters. The molecule has 1 N–H and O–H groups in total. The van der Waals surface area contributed by atoms with Gasteiger partial charge in [0.2, 0.25) is 0 Å². The number of carbonyl (C=O) groups excluding carboxylic acids is 1. The van der Waals surface area contributed by atoms with Crippen LogP contribution in [0.15, 0.2) is 24.3 Å². The van der Waals surface area contributed by atoms with E-state index in [0.717, 1.165) is 24.0 Å². The van der Waals surface area contributed by atoms with Crippen LogP contribution < -0.4 is 0 Å². The second kappa shape index (κ2) is 7.88. The number of aliphatic hydroxyl groups is 1. The van der Waals surface area contributed by atoms with E-state index in [1.165, 1.54) is 0 Å². The summed E-state index contributed by atoms with van der Waals surface area (Å²) in [5.74, 6) is -0.227. The number of aryl methyl sites for hydroxylation is 1. The maximum Gasteiger partial charge on any atom is 0.305 e. The molecule has 18 heavy (non-hydrogen) atoms. The van der Waals surface area contributed by atoms with Gasteiger partial charge in [0.15, 0.2) is 0 Å². The molecule has 0 aliphatic carbocycles. The quantitative estimate of drug-likeness (QED) is 0.597. The van der Waals surface area contributed by atoms with Crippen LogP contribution >= 0.6 is 0 Å². The van der Waals surface area contributed by atoms with Gasteiger partial charge in [0, 0.05) is 6.42 Å². The van der Waals surface area contributed by atoms with Crippen molar-refractivity contribution in [2.75, 3.05) is 6.61 Å². The highest BCUT2D eigenvalue weighted by Crippen LogP contribution is 2.18. The van der Waals surface area contributed by atoms with Crippen molar-refractivity contribution in [2.24, 2.45) is 0 Å². The molecule has 0 saturated carbocycles. The van der Waals surface area contributed by atoms with Crippen molar-refractivity contribution in [2.45, 2.75) is 45.6 Å². The summed E-state index contributed by atoms with van der Waals surface area (Å²) in [6, 6.07) is 7.70. The molecule has 0 saturated heterocycles. The standard InChI is InChI=1S/C15H22O3/c1-3-4-11-18-15(17)10-9-14(16)13-7-5-12(2)6-8-13/h5-8,14,16H,3-4,9-11H2,1-2H3. The van der Waals surface area contributed by atoms with Gasteiger partial charge in [0.1, 0.15) is 0 Å². The largest absolute Gasteiger partial charge is 0.466 e. The maximum absolute atomic E-state index is 11.4. The lowest BCUT2D eigenvalue weighted by Gasteiger charge is -2.11. The Kier molecular flexibility index (Phi) is 6.44. The lowest BCUT2D eigenvalue weighted by atomic mass is 10.0. The van der Waals surface area contributed by atoms with Crippen LogP contribution in [0.4, 0.5) is 0 Å². The first kappa shape index (κ1) is 14.7. The molecule has 0 heterocycles. The van der Waals surface area contributed by atoms with Crippen molar-refractivity contribution < 1.29 is 14.6 Å². The first-order valence-electron chi connectivity index (χ1n) is 6.53. The van der Waals surface area contributed by atoms with E-state index in [1.807, 2.05) is 31.2 Å². The Morgan fingerprint density at radius 2 is 2.00 bits per heavy atom. The summed E-state index contributed by atoms with van der Waals surface area (Å²) in [6.45, 7) is 4.53. The molecule has 0 aliphatic heterocycles. The molecule has 0 amide bonds. The van der Waals surface area contributed by atoms with E-state index >= 15 is 0 Å². The Hall–Kier alpha value is -1.35. The van der Waals surface area contributed by atoms with Crippen molar-refractivity contribution in [3.05, 3.63) is 35.4 Å². The van der Waals surface area contributed by atoms with Crippen molar-refractivity contribution in [3.8, 4) is 0 Å². The van der Waals surface area contributed by atoms with Crippen LogP contribution in [0, 0.1) is 6.92 Å². The van der Waals surface area contributed by atoms with Gasteiger partial charge in [-0.05, 0) is 25.3 Å². The Morgan fingerprint density at radius 1 is 1.33 bits per heavy atom. The number of esters is 1. The first-order chi connectivity index (χ1) is 8.63. The number of unbranched alkanes of at least 4 members (excludes halogenated alkanes) is 1. The van der Waals surface area contributed by atoms with Gasteiger partial charge in [-0.15, -0.1) is 0 Å². The van der Waals surface area contributed by atoms with E-state index in [0.29, 0.717) is 13.0 Å². The van der Waals surface area contributed by atoms with Gasteiger partial charge in [-0.1, -0.05) is 43.2 Å². The van der Waals surface area contributed by atoms with Crippen LogP contribution in [0.5, 0.6) is 0 Å². The van der Waals surface area contributed by atoms with Crippen LogP contribution in [-0.4, -0.2) is 17.7 Å². The highest BCUT2D eigenvalue weighted by molar-refractivity contribution is 5.69. The topological polar surface area (TPSA) is 46.5 Å². The summed E-state index contributed by atoms with van der Waals surface area (Å²) in [7, 11) is 0. The molecule has 0 aromatic heterocycles. The minimum Gasteiger partial charge on any atom is -0.466 e. The number of benzene rings is 1. The molecule has 0 aliphatic rings. The Morgan fingerprint density at radius 3 is 2.61 bits per heavy atom. The monoisotopic (exact) mass is 250 g/mol. The lowest BCUT2D eigenvalue weighted by Crippen LogP contribution is -2.08. The van der Waals surface area contributed by atoms with Crippen molar-refractivity contribution in [1.82, 2.24) is 0 Å². The Labute approximate surface area is 109 Å². The van der Waals surface area contributed by atoms with Gasteiger partial charge >= 0.3 is 5.97 Å². The van der Waals surface area contributed by atoms with Crippen molar-refractivity contribution >= 4 is 5.97 Å². The molecule has 1 aromatic carbocycles. The molecular weight excluding hydrogens is 228 g/mol. The molecule has 0 fully saturated rings. The number of carbonyl (C=O) groups is 1. The minimum atomic E-state index is -0.593. The molecule has 100 valence electrons. The Bertz CT molecular complexity index is 357. The highest BCUT2D eigenvalue weighted by Gasteiger charge is 2.10. The average Bonchev–Trinajstić information content (AvgIpc) is 2.37. The van der Waals surface area contributed by atoms with Crippen molar-refractivity contribution in [1.29, 1.82) is 0 Å². The molecule has 3 heteroatoms. The third kappa shape index (κ3) is 5.32. The molecule has 1 aromatic rings. The fourth-order valence-corrected chi connectivity index (χ4v) is 1.61. The van der Waals surface area contributed by atoms with Crippen LogP contribution in [0.1, 0.15) is 49.8 Å². The predicted octanol–water partition coefficient (Wildman–Crippen LogP) is 3.15. The van der Waals surface area contributed by atoms with E-state index in [1.54, 1.807) is 0 Å². The second-order valence-electron chi connectivity index (χ2n) is 4.54. The number of hydrogen-bond acceptors (Lipinski definition) is 3. The third-order valence-electron chi connectivity index (χ3n) is 2.84. The van der Waals surface area contributed by atoms with Gasteiger partial charge in [0.05, 0.1) is 12.7 Å². The summed E-state index contributed by atoms with van der Waals surface area (Å²) < 4.78 is 5.04. The lowest BCUT2D eigenvalue weighted by molar-refractivity contribution is -0.144. The minimum absolute atomic E-state index is 0.227. The summed E-state index contributed by atoms with van der Waals surface area (Å²) in [5.41, 5.74) is 2.01. The average molecular weight is 250 g/mol. The molecule has 0 spiro atoms. The zero-order chi connectivity index (χ0) is 13.4. The molecule has 3 nitrogen and oxygen atoms in total. The zero-order valence-corrected chi connectivity index (χ0v) is 11.2. The third-order valence-corrected chi connectivity index (χ3v) is 2.84. The van der Waals surface area contributed by atoms with Gasteiger partial charge in [-0.25, -0.2) is 0 Å². The van der Waals surface area contributed by atoms with E-state index in [2.05, 4.69) is 6.92 Å².